The number of Topliss-reactive ketones (excluding diaryl/α,β-unsaturated/α-hetero) is 1. The van der Waals surface area contributed by atoms with Crippen LogP contribution in [0.25, 0.3) is 6.08 Å². The Morgan fingerprint density at radius 1 is 1.11 bits per heavy atom. The van der Waals surface area contributed by atoms with Gasteiger partial charge in [-0.05, 0) is 68.4 Å². The highest BCUT2D eigenvalue weighted by Gasteiger charge is 2.43. The average molecular weight is 539 g/mol. The number of hydrogen-bond donors (Lipinski definition) is 0. The van der Waals surface area contributed by atoms with E-state index in [4.69, 9.17) is 4.74 Å². The molecule has 2 aromatic rings. The second-order valence-corrected chi connectivity index (χ2v) is 12.3. The third-order valence-electron chi connectivity index (χ3n) is 7.95. The number of rotatable bonds is 6. The van der Waals surface area contributed by atoms with Gasteiger partial charge in [0.05, 0.1) is 15.7 Å². The molecule has 1 aromatic heterocycles. The Kier molecular flexibility index (Phi) is 7.77. The van der Waals surface area contributed by atoms with Crippen LogP contribution in [0, 0.1) is 5.41 Å². The smallest absolute Gasteiger partial charge is 0.264 e. The highest BCUT2D eigenvalue weighted by Crippen LogP contribution is 2.44. The van der Waals surface area contributed by atoms with Crippen molar-refractivity contribution in [3.8, 4) is 5.75 Å². The largest absolute Gasteiger partial charge is 0.493 e. The minimum Gasteiger partial charge on any atom is -0.493 e. The standard InChI is InChI=1S/C29H34N2O4S2/c1-3-35-23-10-5-4-7-20(23)11-12-24(33)30-16-13-29(14-17-30)15-18-31(19-29)27(34)26-21-8-6-9-22(32)25(21)28(36-2)37-26/h4-5,7,10-12H,3,6,8-9,13-19H2,1-2H3. The molecule has 3 aliphatic rings. The lowest BCUT2D eigenvalue weighted by Crippen LogP contribution is -2.44. The Morgan fingerprint density at radius 2 is 1.84 bits per heavy atom. The van der Waals surface area contributed by atoms with Gasteiger partial charge >= 0.3 is 0 Å². The van der Waals surface area contributed by atoms with E-state index in [1.165, 1.54) is 11.3 Å². The molecule has 0 atom stereocenters. The van der Waals surface area contributed by atoms with Crippen LogP contribution in [0.15, 0.2) is 34.6 Å². The summed E-state index contributed by atoms with van der Waals surface area (Å²) in [6.45, 7) is 5.42. The van der Waals surface area contributed by atoms with E-state index < -0.39 is 0 Å². The Morgan fingerprint density at radius 3 is 2.57 bits per heavy atom. The van der Waals surface area contributed by atoms with Crippen molar-refractivity contribution in [2.24, 2.45) is 5.41 Å². The Hall–Kier alpha value is -2.58. The van der Waals surface area contributed by atoms with Crippen LogP contribution in [0.3, 0.4) is 0 Å². The van der Waals surface area contributed by atoms with Crippen molar-refractivity contribution in [1.29, 1.82) is 0 Å². The summed E-state index contributed by atoms with van der Waals surface area (Å²) in [6, 6.07) is 7.73. The molecule has 3 heterocycles. The maximum Gasteiger partial charge on any atom is 0.264 e. The number of carbonyl (C=O) groups is 3. The second kappa shape index (κ2) is 11.0. The summed E-state index contributed by atoms with van der Waals surface area (Å²) in [5, 5.41) is 0. The van der Waals surface area contributed by atoms with E-state index >= 15 is 0 Å². The molecule has 196 valence electrons. The van der Waals surface area contributed by atoms with Crippen LogP contribution in [0.2, 0.25) is 0 Å². The Balaban J connectivity index is 1.21. The molecule has 37 heavy (non-hydrogen) atoms. The number of hydrogen-bond acceptors (Lipinski definition) is 6. The van der Waals surface area contributed by atoms with Crippen LogP contribution in [0.4, 0.5) is 0 Å². The number of thiophene rings is 1. The highest BCUT2D eigenvalue weighted by atomic mass is 32.2. The zero-order valence-corrected chi connectivity index (χ0v) is 23.2. The fraction of sp³-hybridized carbons (Fsp3) is 0.483. The van der Waals surface area contributed by atoms with Crippen LogP contribution in [-0.4, -0.2) is 66.4 Å². The van der Waals surface area contributed by atoms with Crippen LogP contribution < -0.4 is 4.74 Å². The first kappa shape index (κ1) is 26.0. The summed E-state index contributed by atoms with van der Waals surface area (Å²) < 4.78 is 6.64. The third kappa shape index (κ3) is 5.23. The summed E-state index contributed by atoms with van der Waals surface area (Å²) in [6.07, 6.45) is 10.5. The quantitative estimate of drug-likeness (QED) is 0.356. The number of piperidine rings is 1. The number of thioether (sulfide) groups is 1. The summed E-state index contributed by atoms with van der Waals surface area (Å²) in [7, 11) is 0. The van der Waals surface area contributed by atoms with Crippen molar-refractivity contribution in [3.05, 3.63) is 51.9 Å². The lowest BCUT2D eigenvalue weighted by atomic mass is 9.78. The minimum absolute atomic E-state index is 0.0200. The van der Waals surface area contributed by atoms with E-state index in [-0.39, 0.29) is 23.0 Å². The second-order valence-electron chi connectivity index (χ2n) is 10.2. The summed E-state index contributed by atoms with van der Waals surface area (Å²) in [5.74, 6) is 1.07. The molecule has 2 saturated heterocycles. The van der Waals surface area contributed by atoms with E-state index in [9.17, 15) is 14.4 Å². The molecule has 6 nitrogen and oxygen atoms in total. The van der Waals surface area contributed by atoms with Crippen molar-refractivity contribution < 1.29 is 19.1 Å². The fourth-order valence-electron chi connectivity index (χ4n) is 5.86. The normalized spacial score (nSPS) is 19.0. The molecule has 0 unspecified atom stereocenters. The predicted molar refractivity (Wildman–Crippen MR) is 149 cm³/mol. The van der Waals surface area contributed by atoms with Crippen molar-refractivity contribution in [1.82, 2.24) is 9.80 Å². The monoisotopic (exact) mass is 538 g/mol. The molecule has 0 saturated carbocycles. The SMILES string of the molecule is CCOc1ccccc1C=CC(=O)N1CCC2(CC1)CCN(C(=O)c1sc(SC)c3c1CCCC3=O)C2. The van der Waals surface area contributed by atoms with Gasteiger partial charge in [-0.1, -0.05) is 18.2 Å². The zero-order valence-electron chi connectivity index (χ0n) is 21.6. The maximum atomic E-state index is 13.6. The topological polar surface area (TPSA) is 66.9 Å². The summed E-state index contributed by atoms with van der Waals surface area (Å²) in [4.78, 5) is 43.7. The van der Waals surface area contributed by atoms with Crippen LogP contribution >= 0.6 is 23.1 Å². The zero-order chi connectivity index (χ0) is 26.0. The lowest BCUT2D eigenvalue weighted by Gasteiger charge is -2.39. The van der Waals surface area contributed by atoms with Gasteiger partial charge in [0, 0.05) is 49.8 Å². The summed E-state index contributed by atoms with van der Waals surface area (Å²) in [5.41, 5.74) is 2.77. The maximum absolute atomic E-state index is 13.6. The molecule has 0 bridgehead atoms. The molecule has 2 aliphatic heterocycles. The van der Waals surface area contributed by atoms with Gasteiger partial charge in [0.15, 0.2) is 5.78 Å². The van der Waals surface area contributed by atoms with Crippen molar-refractivity contribution in [2.75, 3.05) is 39.0 Å². The third-order valence-corrected chi connectivity index (χ3v) is 10.3. The number of ketones is 1. The molecule has 5 rings (SSSR count). The number of amides is 2. The molecule has 2 amide bonds. The highest BCUT2D eigenvalue weighted by molar-refractivity contribution is 8.00. The molecule has 1 aliphatic carbocycles. The number of carbonyl (C=O) groups excluding carboxylic acids is 3. The minimum atomic E-state index is 0.0200. The van der Waals surface area contributed by atoms with E-state index in [2.05, 4.69) is 0 Å². The van der Waals surface area contributed by atoms with E-state index in [1.54, 1.807) is 17.8 Å². The molecule has 0 radical (unpaired) electrons. The van der Waals surface area contributed by atoms with Crippen LogP contribution in [0.1, 0.15) is 70.2 Å². The molecule has 0 N–H and O–H groups in total. The van der Waals surface area contributed by atoms with Gasteiger partial charge in [0.2, 0.25) is 5.91 Å². The first-order chi connectivity index (χ1) is 17.9. The summed E-state index contributed by atoms with van der Waals surface area (Å²) >= 11 is 3.08. The van der Waals surface area contributed by atoms with Crippen molar-refractivity contribution in [3.63, 3.8) is 0 Å². The van der Waals surface area contributed by atoms with E-state index in [0.29, 0.717) is 26.1 Å². The van der Waals surface area contributed by atoms with E-state index in [1.807, 2.05) is 53.3 Å². The van der Waals surface area contributed by atoms with Crippen LogP contribution in [0.5, 0.6) is 5.75 Å². The first-order valence-electron chi connectivity index (χ1n) is 13.2. The molecule has 2 fully saturated rings. The molecule has 8 heteroatoms. The average Bonchev–Trinajstić information content (AvgIpc) is 3.51. The number of nitrogens with zero attached hydrogens (tertiary/aromatic N) is 2. The molecular weight excluding hydrogens is 504 g/mol. The van der Waals surface area contributed by atoms with Crippen molar-refractivity contribution in [2.45, 2.75) is 49.7 Å². The van der Waals surface area contributed by atoms with Gasteiger partial charge in [-0.2, -0.15) is 0 Å². The molecule has 1 aromatic carbocycles. The number of para-hydroxylation sites is 1. The van der Waals surface area contributed by atoms with Crippen molar-refractivity contribution >= 4 is 46.8 Å². The number of likely N-dealkylation sites (tertiary alicyclic amines) is 2. The van der Waals surface area contributed by atoms with Gasteiger partial charge in [0.25, 0.3) is 5.91 Å². The molecule has 1 spiro atoms. The number of benzene rings is 1. The predicted octanol–water partition coefficient (Wildman–Crippen LogP) is 5.56. The number of fused-ring (bicyclic) bond motifs is 1. The van der Waals surface area contributed by atoms with Gasteiger partial charge in [-0.15, -0.1) is 23.1 Å². The van der Waals surface area contributed by atoms with Crippen LogP contribution in [-0.2, 0) is 11.2 Å². The molecular formula is C29H34N2O4S2. The lowest BCUT2D eigenvalue weighted by molar-refractivity contribution is -0.128. The fourth-order valence-corrected chi connectivity index (χ4v) is 7.96. The first-order valence-corrected chi connectivity index (χ1v) is 15.2. The Bertz CT molecular complexity index is 1230. The number of ether oxygens (including phenoxy) is 1. The van der Waals surface area contributed by atoms with Gasteiger partial charge in [-0.3, -0.25) is 14.4 Å². The van der Waals surface area contributed by atoms with Gasteiger partial charge < -0.3 is 14.5 Å². The van der Waals surface area contributed by atoms with Gasteiger partial charge in [0.1, 0.15) is 5.75 Å². The Labute approximate surface area is 227 Å². The van der Waals surface area contributed by atoms with E-state index in [0.717, 1.165) is 76.7 Å². The van der Waals surface area contributed by atoms with Gasteiger partial charge in [-0.25, -0.2) is 0 Å².